The number of aryl methyl sites for hydroxylation is 1. The molecular weight excluding hydrogens is 470 g/mol. The molecule has 1 aliphatic rings. The van der Waals surface area contributed by atoms with Gasteiger partial charge in [-0.2, -0.15) is 0 Å². The highest BCUT2D eigenvalue weighted by Gasteiger charge is 2.41. The number of ether oxygens (including phenoxy) is 1. The van der Waals surface area contributed by atoms with E-state index in [0.717, 1.165) is 10.5 Å². The molecule has 3 aromatic carbocycles. The molecule has 8 heteroatoms. The van der Waals surface area contributed by atoms with Crippen LogP contribution in [0.3, 0.4) is 0 Å². The summed E-state index contributed by atoms with van der Waals surface area (Å²) >= 11 is 6.00. The van der Waals surface area contributed by atoms with Crippen LogP contribution in [0.4, 0.5) is 0 Å². The van der Waals surface area contributed by atoms with Gasteiger partial charge in [0.2, 0.25) is 11.2 Å². The topological polar surface area (TPSA) is 93.9 Å². The molecule has 35 heavy (non-hydrogen) atoms. The Morgan fingerprint density at radius 1 is 0.943 bits per heavy atom. The lowest BCUT2D eigenvalue weighted by molar-refractivity contribution is -0.138. The van der Waals surface area contributed by atoms with E-state index >= 15 is 0 Å². The third-order valence-electron chi connectivity index (χ3n) is 5.87. The number of imide groups is 1. The van der Waals surface area contributed by atoms with Gasteiger partial charge < -0.3 is 9.15 Å². The number of hydrogen-bond acceptors (Lipinski definition) is 6. The van der Waals surface area contributed by atoms with Crippen LogP contribution in [0.2, 0.25) is 5.02 Å². The maximum atomic E-state index is 13.4. The van der Waals surface area contributed by atoms with Crippen molar-refractivity contribution in [2.24, 2.45) is 0 Å². The van der Waals surface area contributed by atoms with Crippen LogP contribution in [0.25, 0.3) is 22.3 Å². The number of amides is 2. The van der Waals surface area contributed by atoms with Crippen molar-refractivity contribution in [1.82, 2.24) is 4.90 Å². The summed E-state index contributed by atoms with van der Waals surface area (Å²) in [6.07, 6.45) is 0. The summed E-state index contributed by atoms with van der Waals surface area (Å²) in [5, 5.41) is 0.712. The molecular formula is C27H18ClNO6. The summed E-state index contributed by atoms with van der Waals surface area (Å²) in [5.74, 6) is -2.46. The summed E-state index contributed by atoms with van der Waals surface area (Å²) in [6.45, 7) is 3.20. The van der Waals surface area contributed by atoms with Crippen LogP contribution in [-0.4, -0.2) is 28.7 Å². The van der Waals surface area contributed by atoms with E-state index in [0.29, 0.717) is 16.2 Å². The largest absolute Gasteiger partial charge is 0.452 e. The lowest BCUT2D eigenvalue weighted by Crippen LogP contribution is -2.45. The van der Waals surface area contributed by atoms with Crippen molar-refractivity contribution in [3.05, 3.63) is 98.7 Å². The van der Waals surface area contributed by atoms with Crippen molar-refractivity contribution in [1.29, 1.82) is 0 Å². The zero-order chi connectivity index (χ0) is 24.9. The second-order valence-corrected chi connectivity index (χ2v) is 8.66. The molecule has 174 valence electrons. The SMILES string of the molecule is Cc1ccc2oc(-c3ccc(Cl)cc3)c(OC(=O)[C@@H](C)N3C(=O)c4ccccc4C3=O)c(=O)c2c1. The molecule has 0 N–H and O–H groups in total. The third kappa shape index (κ3) is 3.80. The van der Waals surface area contributed by atoms with Crippen molar-refractivity contribution in [2.75, 3.05) is 0 Å². The van der Waals surface area contributed by atoms with Gasteiger partial charge >= 0.3 is 5.97 Å². The molecule has 0 saturated heterocycles. The van der Waals surface area contributed by atoms with Gasteiger partial charge in [-0.25, -0.2) is 4.79 Å². The predicted octanol–water partition coefficient (Wildman–Crippen LogP) is 5.01. The lowest BCUT2D eigenvalue weighted by Gasteiger charge is -2.21. The average molecular weight is 488 g/mol. The van der Waals surface area contributed by atoms with Gasteiger partial charge in [-0.15, -0.1) is 0 Å². The van der Waals surface area contributed by atoms with Crippen LogP contribution >= 0.6 is 11.6 Å². The van der Waals surface area contributed by atoms with Gasteiger partial charge in [0.05, 0.1) is 16.5 Å². The minimum absolute atomic E-state index is 0.0333. The Labute approximate surface area is 204 Å². The molecule has 1 atom stereocenters. The highest BCUT2D eigenvalue weighted by molar-refractivity contribution is 6.30. The van der Waals surface area contributed by atoms with Gasteiger partial charge in [0.15, 0.2) is 5.76 Å². The number of rotatable bonds is 4. The Morgan fingerprint density at radius 2 is 1.57 bits per heavy atom. The molecule has 0 aliphatic carbocycles. The van der Waals surface area contributed by atoms with E-state index in [2.05, 4.69) is 0 Å². The molecule has 0 saturated carbocycles. The second-order valence-electron chi connectivity index (χ2n) is 8.22. The van der Waals surface area contributed by atoms with Crippen molar-refractivity contribution < 1.29 is 23.5 Å². The average Bonchev–Trinajstić information content (AvgIpc) is 3.11. The van der Waals surface area contributed by atoms with E-state index < -0.39 is 29.3 Å². The van der Waals surface area contributed by atoms with E-state index in [-0.39, 0.29) is 28.0 Å². The zero-order valence-electron chi connectivity index (χ0n) is 18.7. The number of hydrogen-bond donors (Lipinski definition) is 0. The van der Waals surface area contributed by atoms with E-state index in [9.17, 15) is 19.2 Å². The highest BCUT2D eigenvalue weighted by atomic mass is 35.5. The van der Waals surface area contributed by atoms with Crippen LogP contribution in [0.5, 0.6) is 5.75 Å². The van der Waals surface area contributed by atoms with Crippen molar-refractivity contribution in [3.8, 4) is 17.1 Å². The molecule has 0 fully saturated rings. The number of carbonyl (C=O) groups excluding carboxylic acids is 3. The number of fused-ring (bicyclic) bond motifs is 2. The van der Waals surface area contributed by atoms with Crippen LogP contribution in [-0.2, 0) is 4.79 Å². The number of benzene rings is 3. The zero-order valence-corrected chi connectivity index (χ0v) is 19.5. The van der Waals surface area contributed by atoms with Crippen molar-refractivity contribution in [3.63, 3.8) is 0 Å². The van der Waals surface area contributed by atoms with Crippen LogP contribution in [0.15, 0.2) is 75.9 Å². The second kappa shape index (κ2) is 8.52. The highest BCUT2D eigenvalue weighted by Crippen LogP contribution is 2.33. The standard InChI is InChI=1S/C27H18ClNO6/c1-14-7-12-21-20(13-14)22(30)24(23(34-21)16-8-10-17(28)11-9-16)35-27(33)15(2)29-25(31)18-5-3-4-6-19(18)26(29)32/h3-13,15H,1-2H3/t15-/m1/s1. The minimum atomic E-state index is -1.28. The quantitative estimate of drug-likeness (QED) is 0.296. The Morgan fingerprint density at radius 3 is 2.20 bits per heavy atom. The maximum Gasteiger partial charge on any atom is 0.334 e. The van der Waals surface area contributed by atoms with Crippen LogP contribution < -0.4 is 10.2 Å². The number of carbonyl (C=O) groups is 3. The van der Waals surface area contributed by atoms with E-state index in [1.54, 1.807) is 54.6 Å². The summed E-state index contributed by atoms with van der Waals surface area (Å²) in [6, 6.07) is 16.6. The smallest absolute Gasteiger partial charge is 0.334 e. The van der Waals surface area contributed by atoms with Gasteiger partial charge in [0.1, 0.15) is 11.6 Å². The van der Waals surface area contributed by atoms with Gasteiger partial charge in [0, 0.05) is 10.6 Å². The van der Waals surface area contributed by atoms with Gasteiger partial charge in [-0.05, 0) is 62.4 Å². The number of nitrogens with zero attached hydrogens (tertiary/aromatic N) is 1. The van der Waals surface area contributed by atoms with E-state index in [4.69, 9.17) is 20.8 Å². The summed E-state index contributed by atoms with van der Waals surface area (Å²) in [4.78, 5) is 53.0. The molecule has 0 bridgehead atoms. The fraction of sp³-hybridized carbons (Fsp3) is 0.111. The maximum absolute atomic E-state index is 13.4. The fourth-order valence-corrected chi connectivity index (χ4v) is 4.15. The molecule has 2 amide bonds. The number of esters is 1. The first kappa shape index (κ1) is 22.6. The van der Waals surface area contributed by atoms with E-state index in [1.807, 2.05) is 6.92 Å². The Kier molecular flexibility index (Phi) is 5.49. The van der Waals surface area contributed by atoms with E-state index in [1.165, 1.54) is 19.1 Å². The summed E-state index contributed by atoms with van der Waals surface area (Å²) in [5.41, 5.74) is 1.46. The normalized spacial score (nSPS) is 13.7. The van der Waals surface area contributed by atoms with Gasteiger partial charge in [-0.3, -0.25) is 19.3 Å². The molecule has 0 radical (unpaired) electrons. The van der Waals surface area contributed by atoms with Crippen molar-refractivity contribution in [2.45, 2.75) is 19.9 Å². The Balaban J connectivity index is 1.57. The van der Waals surface area contributed by atoms with Gasteiger partial charge in [-0.1, -0.05) is 35.4 Å². The van der Waals surface area contributed by atoms with Crippen LogP contribution in [0, 0.1) is 6.92 Å². The van der Waals surface area contributed by atoms with Crippen molar-refractivity contribution >= 4 is 40.4 Å². The molecule has 0 spiro atoms. The molecule has 4 aromatic rings. The number of halogens is 1. The lowest BCUT2D eigenvalue weighted by atomic mass is 10.1. The first-order valence-electron chi connectivity index (χ1n) is 10.8. The molecule has 7 nitrogen and oxygen atoms in total. The van der Waals surface area contributed by atoms with Gasteiger partial charge in [0.25, 0.3) is 11.8 Å². The molecule has 1 aliphatic heterocycles. The molecule has 0 unspecified atom stereocenters. The summed E-state index contributed by atoms with van der Waals surface area (Å²) < 4.78 is 11.5. The first-order chi connectivity index (χ1) is 16.8. The predicted molar refractivity (Wildman–Crippen MR) is 130 cm³/mol. The molecule has 1 aromatic heterocycles. The third-order valence-corrected chi connectivity index (χ3v) is 6.12. The Hall–Kier alpha value is -4.23. The minimum Gasteiger partial charge on any atom is -0.452 e. The molecule has 2 heterocycles. The monoisotopic (exact) mass is 487 g/mol. The fourth-order valence-electron chi connectivity index (χ4n) is 4.03. The first-order valence-corrected chi connectivity index (χ1v) is 11.2. The Bertz CT molecular complexity index is 1550. The molecule has 5 rings (SSSR count). The summed E-state index contributed by atoms with van der Waals surface area (Å²) in [7, 11) is 0. The van der Waals surface area contributed by atoms with Crippen LogP contribution in [0.1, 0.15) is 33.2 Å².